The van der Waals surface area contributed by atoms with Crippen molar-refractivity contribution in [3.05, 3.63) is 36.2 Å². The molecule has 5 rings (SSSR count). The van der Waals surface area contributed by atoms with Crippen LogP contribution in [0.15, 0.2) is 34.9 Å². The van der Waals surface area contributed by atoms with Gasteiger partial charge in [-0.2, -0.15) is 0 Å². The molecule has 1 atom stereocenters. The molecule has 184 valence electrons. The summed E-state index contributed by atoms with van der Waals surface area (Å²) < 4.78 is 7.59. The summed E-state index contributed by atoms with van der Waals surface area (Å²) in [5.74, 6) is 0.588. The number of hydrogen-bond donors (Lipinski definition) is 1. The number of likely N-dealkylation sites (N-methyl/N-ethyl adjacent to an activating group) is 1. The van der Waals surface area contributed by atoms with Gasteiger partial charge in [0.25, 0.3) is 5.91 Å². The number of aromatic nitrogens is 1. The van der Waals surface area contributed by atoms with Gasteiger partial charge in [0.2, 0.25) is 5.91 Å². The molecule has 0 radical (unpaired) electrons. The van der Waals surface area contributed by atoms with Crippen LogP contribution in [-0.4, -0.2) is 89.0 Å². The Morgan fingerprint density at radius 1 is 1.09 bits per heavy atom. The number of rotatable bonds is 7. The fraction of sp³-hybridized carbons (Fsp3) is 0.615. The van der Waals surface area contributed by atoms with E-state index >= 15 is 0 Å². The molecule has 0 spiro atoms. The number of nitrogens with zero attached hydrogens (tertiary/aromatic N) is 4. The highest BCUT2D eigenvalue weighted by atomic mass is 16.3. The molecule has 1 aliphatic carbocycles. The van der Waals surface area contributed by atoms with E-state index in [0.29, 0.717) is 24.5 Å². The molecule has 2 fully saturated rings. The lowest BCUT2D eigenvalue weighted by atomic mass is 9.93. The summed E-state index contributed by atoms with van der Waals surface area (Å²) in [7, 11) is 2.16. The maximum atomic E-state index is 13.8. The Kier molecular flexibility index (Phi) is 6.53. The quantitative estimate of drug-likeness (QED) is 0.678. The fourth-order valence-electron chi connectivity index (χ4n) is 5.70. The first-order chi connectivity index (χ1) is 16.5. The van der Waals surface area contributed by atoms with Crippen LogP contribution in [0.1, 0.15) is 49.5 Å². The van der Waals surface area contributed by atoms with Crippen molar-refractivity contribution in [3.63, 3.8) is 0 Å². The number of hydrogen-bond acceptors (Lipinski definition) is 5. The van der Waals surface area contributed by atoms with E-state index < -0.39 is 5.54 Å². The van der Waals surface area contributed by atoms with E-state index in [2.05, 4.69) is 22.2 Å². The second-order valence-electron chi connectivity index (χ2n) is 10.4. The average Bonchev–Trinajstić information content (AvgIpc) is 3.59. The number of furan rings is 1. The normalized spacial score (nSPS) is 24.5. The van der Waals surface area contributed by atoms with Gasteiger partial charge in [-0.05, 0) is 64.0 Å². The van der Waals surface area contributed by atoms with E-state index in [9.17, 15) is 9.59 Å². The van der Waals surface area contributed by atoms with Gasteiger partial charge in [0.15, 0.2) is 0 Å². The lowest BCUT2D eigenvalue weighted by Crippen LogP contribution is -2.65. The molecule has 0 bridgehead atoms. The van der Waals surface area contributed by atoms with E-state index in [1.807, 2.05) is 40.7 Å². The molecule has 34 heavy (non-hydrogen) atoms. The summed E-state index contributed by atoms with van der Waals surface area (Å²) in [5, 5.41) is 3.28. The van der Waals surface area contributed by atoms with Gasteiger partial charge in [-0.25, -0.2) is 0 Å². The van der Waals surface area contributed by atoms with Gasteiger partial charge in [-0.3, -0.25) is 9.59 Å². The maximum Gasteiger partial charge on any atom is 0.271 e. The highest BCUT2D eigenvalue weighted by molar-refractivity contribution is 6.00. The van der Waals surface area contributed by atoms with Crippen LogP contribution in [0, 0.1) is 0 Å². The Labute approximate surface area is 201 Å². The minimum Gasteiger partial charge on any atom is -0.463 e. The van der Waals surface area contributed by atoms with Crippen molar-refractivity contribution in [2.75, 3.05) is 46.3 Å². The molecule has 1 unspecified atom stereocenters. The largest absolute Gasteiger partial charge is 0.463 e. The highest BCUT2D eigenvalue weighted by Gasteiger charge is 2.48. The standard InChI is InChI=1S/C26H37N5O3/c1-26(25(33)27-20-7-3-4-8-20)19-30-21(23-9-5-18-34-23)10-11-22(30)24(32)31(26)13-6-12-29-16-14-28(2)15-17-29/h5,9-11,18,20H,3-4,6-8,12-17,19H2,1-2H3,(H,27,33). The maximum absolute atomic E-state index is 13.8. The van der Waals surface area contributed by atoms with Gasteiger partial charge in [0.1, 0.15) is 17.0 Å². The van der Waals surface area contributed by atoms with Crippen molar-refractivity contribution in [1.82, 2.24) is 24.6 Å². The molecule has 1 saturated heterocycles. The van der Waals surface area contributed by atoms with Crippen molar-refractivity contribution in [3.8, 4) is 11.5 Å². The molecule has 1 N–H and O–H groups in total. The van der Waals surface area contributed by atoms with Gasteiger partial charge < -0.3 is 29.0 Å². The van der Waals surface area contributed by atoms with Crippen molar-refractivity contribution >= 4 is 11.8 Å². The van der Waals surface area contributed by atoms with Gasteiger partial charge in [-0.1, -0.05) is 12.8 Å². The highest BCUT2D eigenvalue weighted by Crippen LogP contribution is 2.34. The summed E-state index contributed by atoms with van der Waals surface area (Å²) in [6.45, 7) is 8.13. The summed E-state index contributed by atoms with van der Waals surface area (Å²) in [6, 6.07) is 7.74. The molecule has 0 aromatic carbocycles. The van der Waals surface area contributed by atoms with Crippen LogP contribution in [0.25, 0.3) is 11.5 Å². The fourth-order valence-corrected chi connectivity index (χ4v) is 5.70. The van der Waals surface area contributed by atoms with Crippen LogP contribution >= 0.6 is 0 Å². The van der Waals surface area contributed by atoms with Crippen LogP contribution in [-0.2, 0) is 11.3 Å². The van der Waals surface area contributed by atoms with Crippen molar-refractivity contribution in [2.24, 2.45) is 0 Å². The van der Waals surface area contributed by atoms with E-state index in [1.54, 1.807) is 6.26 Å². The number of fused-ring (bicyclic) bond motifs is 1. The summed E-state index contributed by atoms with van der Waals surface area (Å²) in [4.78, 5) is 34.1. The number of amides is 2. The van der Waals surface area contributed by atoms with Crippen molar-refractivity contribution < 1.29 is 14.0 Å². The zero-order valence-electron chi connectivity index (χ0n) is 20.5. The molecule has 3 aliphatic rings. The molecule has 2 aliphatic heterocycles. The van der Waals surface area contributed by atoms with Gasteiger partial charge in [0.05, 0.1) is 18.5 Å². The third-order valence-electron chi connectivity index (χ3n) is 7.91. The second-order valence-corrected chi connectivity index (χ2v) is 10.4. The smallest absolute Gasteiger partial charge is 0.271 e. The number of piperazine rings is 1. The van der Waals surface area contributed by atoms with E-state index in [1.165, 1.54) is 0 Å². The molecular formula is C26H37N5O3. The third kappa shape index (κ3) is 4.41. The molecule has 2 aromatic rings. The predicted molar refractivity (Wildman–Crippen MR) is 131 cm³/mol. The van der Waals surface area contributed by atoms with Crippen LogP contribution in [0.3, 0.4) is 0 Å². The zero-order valence-corrected chi connectivity index (χ0v) is 20.5. The zero-order chi connectivity index (χ0) is 23.7. The molecule has 8 heteroatoms. The lowest BCUT2D eigenvalue weighted by Gasteiger charge is -2.45. The van der Waals surface area contributed by atoms with Crippen LogP contribution in [0.2, 0.25) is 0 Å². The Bertz CT molecular complexity index is 1000. The lowest BCUT2D eigenvalue weighted by molar-refractivity contribution is -0.133. The molecule has 2 amide bonds. The van der Waals surface area contributed by atoms with Crippen LogP contribution in [0.5, 0.6) is 0 Å². The van der Waals surface area contributed by atoms with Gasteiger partial charge in [0, 0.05) is 38.8 Å². The molecule has 4 heterocycles. The van der Waals surface area contributed by atoms with Crippen LogP contribution < -0.4 is 5.32 Å². The SMILES string of the molecule is CN1CCN(CCCN2C(=O)c3ccc(-c4ccco4)n3CC2(C)C(=O)NC2CCCC2)CC1. The Morgan fingerprint density at radius 3 is 2.53 bits per heavy atom. The molecule has 2 aromatic heterocycles. The van der Waals surface area contributed by atoms with Crippen molar-refractivity contribution in [1.29, 1.82) is 0 Å². The van der Waals surface area contributed by atoms with Crippen LogP contribution in [0.4, 0.5) is 0 Å². The molecular weight excluding hydrogens is 430 g/mol. The Hall–Kier alpha value is -2.58. The monoisotopic (exact) mass is 467 g/mol. The average molecular weight is 468 g/mol. The Balaban J connectivity index is 1.38. The third-order valence-corrected chi connectivity index (χ3v) is 7.91. The van der Waals surface area contributed by atoms with Gasteiger partial charge >= 0.3 is 0 Å². The number of nitrogens with one attached hydrogen (secondary N) is 1. The van der Waals surface area contributed by atoms with Gasteiger partial charge in [-0.15, -0.1) is 0 Å². The number of carbonyl (C=O) groups excluding carboxylic acids is 2. The van der Waals surface area contributed by atoms with Crippen molar-refractivity contribution in [2.45, 2.75) is 57.2 Å². The topological polar surface area (TPSA) is 74.0 Å². The van der Waals surface area contributed by atoms with E-state index in [4.69, 9.17) is 4.42 Å². The summed E-state index contributed by atoms with van der Waals surface area (Å²) >= 11 is 0. The second kappa shape index (κ2) is 9.58. The Morgan fingerprint density at radius 2 is 1.82 bits per heavy atom. The number of carbonyl (C=O) groups is 2. The first-order valence-corrected chi connectivity index (χ1v) is 12.7. The minimum absolute atomic E-state index is 0.0444. The summed E-state index contributed by atoms with van der Waals surface area (Å²) in [5.41, 5.74) is 0.511. The molecule has 1 saturated carbocycles. The predicted octanol–water partition coefficient (Wildman–Crippen LogP) is 2.66. The van der Waals surface area contributed by atoms with E-state index in [0.717, 1.165) is 70.5 Å². The minimum atomic E-state index is -0.949. The first kappa shape index (κ1) is 23.2. The first-order valence-electron chi connectivity index (χ1n) is 12.7. The molecule has 8 nitrogen and oxygen atoms in total. The summed E-state index contributed by atoms with van der Waals surface area (Å²) in [6.07, 6.45) is 6.83. The van der Waals surface area contributed by atoms with E-state index in [-0.39, 0.29) is 17.9 Å².